The van der Waals surface area contributed by atoms with Gasteiger partial charge in [-0.15, -0.1) is 11.8 Å². The van der Waals surface area contributed by atoms with Crippen LogP contribution in [0.1, 0.15) is 47.2 Å². The first kappa shape index (κ1) is 33.7. The molecule has 0 amide bonds. The second-order valence-corrected chi connectivity index (χ2v) is 12.1. The Morgan fingerprint density at radius 2 is 1.15 bits per heavy atom. The highest BCUT2D eigenvalue weighted by Gasteiger charge is 2.16. The number of hydrogen-bond acceptors (Lipinski definition) is 0. The zero-order chi connectivity index (χ0) is 33.9. The van der Waals surface area contributed by atoms with Crippen molar-refractivity contribution in [3.63, 3.8) is 0 Å². The Kier molecular flexibility index (Phi) is 11.4. The van der Waals surface area contributed by atoms with Gasteiger partial charge in [0.15, 0.2) is 0 Å². The minimum absolute atomic E-state index is 0.876. The summed E-state index contributed by atoms with van der Waals surface area (Å²) >= 11 is 0. The zero-order valence-electron chi connectivity index (χ0n) is 28.8. The smallest absolute Gasteiger partial charge is 0.00264 e. The van der Waals surface area contributed by atoms with Crippen molar-refractivity contribution in [1.29, 1.82) is 0 Å². The fourth-order valence-electron chi connectivity index (χ4n) is 6.14. The van der Waals surface area contributed by atoms with Gasteiger partial charge in [-0.1, -0.05) is 164 Å². The summed E-state index contributed by atoms with van der Waals surface area (Å²) in [6.45, 7) is 14.5. The van der Waals surface area contributed by atoms with Crippen LogP contribution in [0.15, 0.2) is 158 Å². The third kappa shape index (κ3) is 7.83. The van der Waals surface area contributed by atoms with Crippen molar-refractivity contribution in [3.05, 3.63) is 192 Å². The molecule has 0 bridgehead atoms. The third-order valence-electron chi connectivity index (χ3n) is 8.77. The first-order valence-electron chi connectivity index (χ1n) is 16.6. The van der Waals surface area contributed by atoms with Crippen LogP contribution in [0.25, 0.3) is 43.8 Å². The lowest BCUT2D eigenvalue weighted by Crippen LogP contribution is -1.93. The summed E-state index contributed by atoms with van der Waals surface area (Å²) in [7, 11) is 0. The first-order chi connectivity index (χ1) is 23.4. The fourth-order valence-corrected chi connectivity index (χ4v) is 6.14. The molecule has 0 atom stereocenters. The summed E-state index contributed by atoms with van der Waals surface area (Å²) < 4.78 is 0. The van der Waals surface area contributed by atoms with Crippen molar-refractivity contribution in [1.82, 2.24) is 0 Å². The van der Waals surface area contributed by atoms with Gasteiger partial charge in [-0.2, -0.15) is 0 Å². The number of benzene rings is 6. The van der Waals surface area contributed by atoms with E-state index in [-0.39, 0.29) is 0 Å². The van der Waals surface area contributed by atoms with Gasteiger partial charge in [-0.25, -0.2) is 0 Å². The zero-order valence-corrected chi connectivity index (χ0v) is 28.8. The molecule has 0 aliphatic heterocycles. The lowest BCUT2D eigenvalue weighted by molar-refractivity contribution is 1.21. The van der Waals surface area contributed by atoms with Gasteiger partial charge in [0, 0.05) is 0 Å². The summed E-state index contributed by atoms with van der Waals surface area (Å²) in [5.74, 6) is 5.36. The van der Waals surface area contributed by atoms with Crippen LogP contribution >= 0.6 is 0 Å². The first-order valence-corrected chi connectivity index (χ1v) is 16.6. The Bertz CT molecular complexity index is 2140. The predicted octanol–water partition coefficient (Wildman–Crippen LogP) is 13.1. The Labute approximate surface area is 287 Å². The molecule has 48 heavy (non-hydrogen) atoms. The quantitative estimate of drug-likeness (QED) is 0.0902. The van der Waals surface area contributed by atoms with Crippen LogP contribution in [0.2, 0.25) is 0 Å². The molecule has 0 heteroatoms. The summed E-state index contributed by atoms with van der Waals surface area (Å²) in [6.07, 6.45) is 12.0. The van der Waals surface area contributed by atoms with E-state index in [9.17, 15) is 0 Å². The van der Waals surface area contributed by atoms with E-state index in [1.165, 1.54) is 71.6 Å². The largest absolute Gasteiger partial charge is 0.107 e. The molecule has 0 aliphatic carbocycles. The number of allylic oxidation sites excluding steroid dienone is 7. The summed E-state index contributed by atoms with van der Waals surface area (Å²) in [6, 6.07) is 43.7. The molecule has 0 unspecified atom stereocenters. The standard InChI is InChI=1S/C44H38.C4H6/c1-31-27-29-37(30-28-31)44-41-25-11-9-23-39(41)43(40-24-10-12-26-42(40)44)36(21-14-19-35-18-7-5-15-32(35)2)20-13-17-34(4)38-22-8-6-16-33(38)3;1-3-4-2/h5-18,20-30H,4,19H2,1-3H3;1-2H3/b17-13+,21-14-,36-20+;. The minimum Gasteiger partial charge on any atom is -0.107 e. The molecule has 0 N–H and O–H groups in total. The summed E-state index contributed by atoms with van der Waals surface area (Å²) in [5.41, 5.74) is 12.3. The molecule has 0 spiro atoms. The maximum absolute atomic E-state index is 4.38. The molecule has 0 radical (unpaired) electrons. The van der Waals surface area contributed by atoms with E-state index in [0.717, 1.165) is 12.0 Å². The summed E-state index contributed by atoms with van der Waals surface area (Å²) in [4.78, 5) is 0. The maximum atomic E-state index is 4.38. The van der Waals surface area contributed by atoms with Crippen molar-refractivity contribution >= 4 is 32.7 Å². The second kappa shape index (κ2) is 16.3. The number of fused-ring (bicyclic) bond motifs is 2. The molecule has 0 aliphatic rings. The molecule has 236 valence electrons. The van der Waals surface area contributed by atoms with Gasteiger partial charge in [-0.05, 0) is 113 Å². The minimum atomic E-state index is 0.876. The second-order valence-electron chi connectivity index (χ2n) is 12.1. The molecule has 0 fully saturated rings. The molecule has 0 heterocycles. The van der Waals surface area contributed by atoms with Crippen LogP contribution in [-0.2, 0) is 6.42 Å². The topological polar surface area (TPSA) is 0 Å². The van der Waals surface area contributed by atoms with Crippen LogP contribution in [0.5, 0.6) is 0 Å². The van der Waals surface area contributed by atoms with Gasteiger partial charge < -0.3 is 0 Å². The Morgan fingerprint density at radius 1 is 0.604 bits per heavy atom. The van der Waals surface area contributed by atoms with E-state index in [1.807, 2.05) is 13.8 Å². The van der Waals surface area contributed by atoms with Crippen molar-refractivity contribution in [2.45, 2.75) is 41.0 Å². The van der Waals surface area contributed by atoms with E-state index in [4.69, 9.17) is 0 Å². The van der Waals surface area contributed by atoms with Crippen LogP contribution in [0, 0.1) is 32.6 Å². The molecule has 0 saturated heterocycles. The van der Waals surface area contributed by atoms with Crippen LogP contribution < -0.4 is 0 Å². The van der Waals surface area contributed by atoms with Gasteiger partial charge in [0.2, 0.25) is 0 Å². The third-order valence-corrected chi connectivity index (χ3v) is 8.77. The van der Waals surface area contributed by atoms with E-state index in [0.29, 0.717) is 0 Å². The Morgan fingerprint density at radius 3 is 1.73 bits per heavy atom. The maximum Gasteiger partial charge on any atom is -0.00264 e. The SMILES string of the molecule is C=C(/C=C/C=C(\C=C/Cc1ccccc1C)c1c2ccccc2c(-c2ccc(C)cc2)c2ccccc12)c1ccccc1C.CC#CC. The van der Waals surface area contributed by atoms with Crippen molar-refractivity contribution < 1.29 is 0 Å². The van der Waals surface area contributed by atoms with E-state index >= 15 is 0 Å². The monoisotopic (exact) mass is 620 g/mol. The van der Waals surface area contributed by atoms with Gasteiger partial charge in [-0.3, -0.25) is 0 Å². The van der Waals surface area contributed by atoms with E-state index < -0.39 is 0 Å². The number of aryl methyl sites for hydroxylation is 3. The molecule has 0 saturated carbocycles. The van der Waals surface area contributed by atoms with E-state index in [2.05, 4.69) is 191 Å². The molecule has 6 aromatic rings. The average molecular weight is 621 g/mol. The Balaban J connectivity index is 0.00000107. The summed E-state index contributed by atoms with van der Waals surface area (Å²) in [5, 5.41) is 5.02. The van der Waals surface area contributed by atoms with Gasteiger partial charge >= 0.3 is 0 Å². The van der Waals surface area contributed by atoms with Crippen molar-refractivity contribution in [2.24, 2.45) is 0 Å². The van der Waals surface area contributed by atoms with Crippen molar-refractivity contribution in [3.8, 4) is 23.0 Å². The molecule has 0 nitrogen and oxygen atoms in total. The van der Waals surface area contributed by atoms with Crippen molar-refractivity contribution in [2.75, 3.05) is 0 Å². The van der Waals surface area contributed by atoms with Crippen LogP contribution in [-0.4, -0.2) is 0 Å². The molecule has 6 aromatic carbocycles. The normalized spacial score (nSPS) is 11.4. The fraction of sp³-hybridized carbons (Fsp3) is 0.125. The highest BCUT2D eigenvalue weighted by atomic mass is 14.2. The van der Waals surface area contributed by atoms with Gasteiger partial charge in [0.25, 0.3) is 0 Å². The molecule has 0 aromatic heterocycles. The van der Waals surface area contributed by atoms with Gasteiger partial charge in [0.05, 0.1) is 0 Å². The number of rotatable bonds is 8. The lowest BCUT2D eigenvalue weighted by Gasteiger charge is -2.18. The average Bonchev–Trinajstić information content (AvgIpc) is 3.11. The van der Waals surface area contributed by atoms with Gasteiger partial charge in [0.1, 0.15) is 0 Å². The highest BCUT2D eigenvalue weighted by molar-refractivity contribution is 6.19. The van der Waals surface area contributed by atoms with Crippen LogP contribution in [0.4, 0.5) is 0 Å². The van der Waals surface area contributed by atoms with E-state index in [1.54, 1.807) is 0 Å². The molecular weight excluding hydrogens is 577 g/mol. The Hall–Kier alpha value is -5.64. The highest BCUT2D eigenvalue weighted by Crippen LogP contribution is 2.42. The molecule has 6 rings (SSSR count). The number of hydrogen-bond donors (Lipinski definition) is 0. The lowest BCUT2D eigenvalue weighted by atomic mass is 9.85. The predicted molar refractivity (Wildman–Crippen MR) is 212 cm³/mol. The van der Waals surface area contributed by atoms with Crippen LogP contribution in [0.3, 0.4) is 0 Å². The molecular formula is C48H44.